The molecule has 2 aliphatic rings. The minimum atomic E-state index is -0.0401. The van der Waals surface area contributed by atoms with Crippen molar-refractivity contribution >= 4 is 11.7 Å². The Labute approximate surface area is 131 Å². The van der Waals surface area contributed by atoms with Gasteiger partial charge in [-0.2, -0.15) is 0 Å². The van der Waals surface area contributed by atoms with Crippen LogP contribution in [0.1, 0.15) is 37.8 Å². The van der Waals surface area contributed by atoms with Crippen LogP contribution in [0.4, 0.5) is 10.5 Å². The van der Waals surface area contributed by atoms with Crippen molar-refractivity contribution < 1.29 is 14.3 Å². The second-order valence-electron chi connectivity index (χ2n) is 5.83. The van der Waals surface area contributed by atoms with Gasteiger partial charge in [-0.1, -0.05) is 13.8 Å². The molecular formula is C17H24N2O3. The van der Waals surface area contributed by atoms with Gasteiger partial charge >= 0.3 is 6.03 Å². The number of nitrogens with zero attached hydrogens (tertiary/aromatic N) is 1. The van der Waals surface area contributed by atoms with Crippen molar-refractivity contribution in [3.8, 4) is 11.5 Å². The number of nitrogens with one attached hydrogen (secondary N) is 1. The average molecular weight is 304 g/mol. The Morgan fingerprint density at radius 2 is 1.91 bits per heavy atom. The van der Waals surface area contributed by atoms with E-state index in [2.05, 4.69) is 25.2 Å². The van der Waals surface area contributed by atoms with Crippen molar-refractivity contribution in [3.05, 3.63) is 17.2 Å². The van der Waals surface area contributed by atoms with Crippen molar-refractivity contribution in [3.63, 3.8) is 0 Å². The van der Waals surface area contributed by atoms with Crippen molar-refractivity contribution in [2.24, 2.45) is 0 Å². The fourth-order valence-electron chi connectivity index (χ4n) is 3.16. The first-order valence-corrected chi connectivity index (χ1v) is 8.24. The maximum atomic E-state index is 12.6. The summed E-state index contributed by atoms with van der Waals surface area (Å²) in [5.41, 5.74) is 3.03. The highest BCUT2D eigenvalue weighted by Gasteiger charge is 2.28. The lowest BCUT2D eigenvalue weighted by molar-refractivity contribution is 0.211. The number of urea groups is 1. The molecule has 0 bridgehead atoms. The molecule has 0 saturated heterocycles. The van der Waals surface area contributed by atoms with E-state index >= 15 is 0 Å². The van der Waals surface area contributed by atoms with Crippen LogP contribution in [0.15, 0.2) is 6.07 Å². The predicted octanol–water partition coefficient (Wildman–Crippen LogP) is 3.21. The number of hydrogen-bond acceptors (Lipinski definition) is 3. The van der Waals surface area contributed by atoms with E-state index in [1.165, 1.54) is 0 Å². The van der Waals surface area contributed by atoms with Crippen LogP contribution < -0.4 is 14.8 Å². The fraction of sp³-hybridized carbons (Fsp3) is 0.588. The SMILES string of the molecule is CCCN(CCC)C(=O)Nc1c2c(cc3c1OCC3)OCC2. The normalized spacial score (nSPS) is 14.8. The van der Waals surface area contributed by atoms with Gasteiger partial charge in [0.25, 0.3) is 0 Å². The van der Waals surface area contributed by atoms with Gasteiger partial charge in [0.2, 0.25) is 0 Å². The number of hydrogen-bond donors (Lipinski definition) is 1. The first kappa shape index (κ1) is 15.0. The molecular weight excluding hydrogens is 280 g/mol. The van der Waals surface area contributed by atoms with E-state index in [0.717, 1.165) is 67.1 Å². The number of fused-ring (bicyclic) bond motifs is 2. The molecule has 0 spiro atoms. The van der Waals surface area contributed by atoms with E-state index in [4.69, 9.17) is 9.47 Å². The molecule has 0 aliphatic carbocycles. The summed E-state index contributed by atoms with van der Waals surface area (Å²) in [5.74, 6) is 1.74. The van der Waals surface area contributed by atoms with Crippen LogP contribution in [0.2, 0.25) is 0 Å². The molecule has 120 valence electrons. The Bertz CT molecular complexity index is 533. The van der Waals surface area contributed by atoms with Gasteiger partial charge in [-0.25, -0.2) is 4.79 Å². The van der Waals surface area contributed by atoms with Crippen LogP contribution in [-0.2, 0) is 12.8 Å². The Balaban J connectivity index is 1.87. The van der Waals surface area contributed by atoms with Crippen LogP contribution >= 0.6 is 0 Å². The van der Waals surface area contributed by atoms with Gasteiger partial charge in [0.05, 0.1) is 18.9 Å². The lowest BCUT2D eigenvalue weighted by atomic mass is 10.0. The summed E-state index contributed by atoms with van der Waals surface area (Å²) in [6.07, 6.45) is 3.61. The summed E-state index contributed by atoms with van der Waals surface area (Å²) in [6.45, 7) is 7.07. The summed E-state index contributed by atoms with van der Waals surface area (Å²) >= 11 is 0. The standard InChI is InChI=1S/C17H24N2O3/c1-3-7-19(8-4-2)17(20)18-15-13-6-10-21-14(13)11-12-5-9-22-16(12)15/h11H,3-10H2,1-2H3,(H,18,20). The fourth-order valence-corrected chi connectivity index (χ4v) is 3.16. The predicted molar refractivity (Wildman–Crippen MR) is 86.0 cm³/mol. The van der Waals surface area contributed by atoms with Gasteiger partial charge in [-0.15, -0.1) is 0 Å². The summed E-state index contributed by atoms with van der Waals surface area (Å²) in [4.78, 5) is 14.5. The highest BCUT2D eigenvalue weighted by molar-refractivity contribution is 5.93. The van der Waals surface area contributed by atoms with Crippen LogP contribution in [0.3, 0.4) is 0 Å². The zero-order valence-electron chi connectivity index (χ0n) is 13.4. The zero-order chi connectivity index (χ0) is 15.5. The maximum Gasteiger partial charge on any atom is 0.321 e. The van der Waals surface area contributed by atoms with Gasteiger partial charge < -0.3 is 19.7 Å². The smallest absolute Gasteiger partial charge is 0.321 e. The average Bonchev–Trinajstić information content (AvgIpc) is 3.15. The number of ether oxygens (including phenoxy) is 2. The molecule has 1 N–H and O–H groups in total. The van der Waals surface area contributed by atoms with E-state index in [1.807, 2.05) is 4.90 Å². The Hall–Kier alpha value is -1.91. The summed E-state index contributed by atoms with van der Waals surface area (Å²) in [7, 11) is 0. The molecule has 1 aromatic carbocycles. The number of benzene rings is 1. The third-order valence-electron chi connectivity index (χ3n) is 4.16. The van der Waals surface area contributed by atoms with Gasteiger partial charge in [0.15, 0.2) is 0 Å². The first-order chi connectivity index (χ1) is 10.7. The summed E-state index contributed by atoms with van der Waals surface area (Å²) in [6, 6.07) is 2.03. The number of carbonyl (C=O) groups is 1. The molecule has 2 heterocycles. The minimum absolute atomic E-state index is 0.0401. The molecule has 0 aromatic heterocycles. The van der Waals surface area contributed by atoms with Crippen molar-refractivity contribution in [2.45, 2.75) is 39.5 Å². The Morgan fingerprint density at radius 3 is 2.64 bits per heavy atom. The summed E-state index contributed by atoms with van der Waals surface area (Å²) < 4.78 is 11.4. The highest BCUT2D eigenvalue weighted by atomic mass is 16.5. The monoisotopic (exact) mass is 304 g/mol. The van der Waals surface area contributed by atoms with E-state index in [0.29, 0.717) is 13.2 Å². The van der Waals surface area contributed by atoms with E-state index in [-0.39, 0.29) is 6.03 Å². The van der Waals surface area contributed by atoms with Gasteiger partial charge in [0, 0.05) is 37.1 Å². The molecule has 2 aliphatic heterocycles. The highest BCUT2D eigenvalue weighted by Crippen LogP contribution is 2.44. The minimum Gasteiger partial charge on any atom is -0.493 e. The molecule has 0 radical (unpaired) electrons. The summed E-state index contributed by atoms with van der Waals surface area (Å²) in [5, 5.41) is 3.09. The second-order valence-corrected chi connectivity index (χ2v) is 5.83. The lowest BCUT2D eigenvalue weighted by Gasteiger charge is -2.23. The molecule has 0 unspecified atom stereocenters. The van der Waals surface area contributed by atoms with Crippen LogP contribution in [0.25, 0.3) is 0 Å². The molecule has 0 fully saturated rings. The van der Waals surface area contributed by atoms with Crippen LogP contribution in [-0.4, -0.2) is 37.2 Å². The van der Waals surface area contributed by atoms with Crippen molar-refractivity contribution in [1.82, 2.24) is 4.90 Å². The molecule has 5 heteroatoms. The Kier molecular flexibility index (Phi) is 4.41. The molecule has 2 amide bonds. The maximum absolute atomic E-state index is 12.6. The second kappa shape index (κ2) is 6.46. The molecule has 0 saturated carbocycles. The van der Waals surface area contributed by atoms with Gasteiger partial charge in [0.1, 0.15) is 11.5 Å². The largest absolute Gasteiger partial charge is 0.493 e. The topological polar surface area (TPSA) is 50.8 Å². The number of anilines is 1. The molecule has 5 nitrogen and oxygen atoms in total. The molecule has 1 aromatic rings. The van der Waals surface area contributed by atoms with Crippen molar-refractivity contribution in [2.75, 3.05) is 31.6 Å². The zero-order valence-corrected chi connectivity index (χ0v) is 13.4. The van der Waals surface area contributed by atoms with Gasteiger partial charge in [-0.3, -0.25) is 0 Å². The van der Waals surface area contributed by atoms with Crippen LogP contribution in [0.5, 0.6) is 11.5 Å². The molecule has 3 rings (SSSR count). The lowest BCUT2D eigenvalue weighted by Crippen LogP contribution is -2.36. The molecule has 0 atom stereocenters. The van der Waals surface area contributed by atoms with E-state index in [1.54, 1.807) is 0 Å². The molecule has 22 heavy (non-hydrogen) atoms. The Morgan fingerprint density at radius 1 is 1.18 bits per heavy atom. The van der Waals surface area contributed by atoms with E-state index < -0.39 is 0 Å². The van der Waals surface area contributed by atoms with Crippen LogP contribution in [0, 0.1) is 0 Å². The van der Waals surface area contributed by atoms with Crippen molar-refractivity contribution in [1.29, 1.82) is 0 Å². The number of rotatable bonds is 5. The first-order valence-electron chi connectivity index (χ1n) is 8.24. The third-order valence-corrected chi connectivity index (χ3v) is 4.16. The number of carbonyl (C=O) groups excluding carboxylic acids is 1. The third kappa shape index (κ3) is 2.72. The van der Waals surface area contributed by atoms with Gasteiger partial charge in [-0.05, 0) is 18.9 Å². The number of amides is 2. The quantitative estimate of drug-likeness (QED) is 0.908. The van der Waals surface area contributed by atoms with E-state index in [9.17, 15) is 4.79 Å².